The second kappa shape index (κ2) is 2.94. The molecule has 0 radical (unpaired) electrons. The molecule has 1 aromatic carbocycles. The van der Waals surface area contributed by atoms with Crippen LogP contribution in [-0.4, -0.2) is 15.3 Å². The number of H-pyrrole nitrogens is 1. The molecule has 0 spiro atoms. The van der Waals surface area contributed by atoms with Crippen LogP contribution in [0.25, 0.3) is 11.3 Å². The minimum absolute atomic E-state index is 0.262. The van der Waals surface area contributed by atoms with E-state index in [2.05, 4.69) is 10.2 Å². The van der Waals surface area contributed by atoms with E-state index in [4.69, 9.17) is 0 Å². The molecular formula is C10H10N2O. The summed E-state index contributed by atoms with van der Waals surface area (Å²) in [6, 6.07) is 8.98. The summed E-state index contributed by atoms with van der Waals surface area (Å²) < 4.78 is 0. The summed E-state index contributed by atoms with van der Waals surface area (Å²) in [7, 11) is 0. The predicted octanol–water partition coefficient (Wildman–Crippen LogP) is 2.09. The Morgan fingerprint density at radius 1 is 1.31 bits per heavy atom. The molecular weight excluding hydrogens is 164 g/mol. The zero-order valence-corrected chi connectivity index (χ0v) is 7.28. The number of aromatic hydroxyl groups is 1. The molecule has 3 nitrogen and oxygen atoms in total. The molecule has 0 fully saturated rings. The number of nitrogens with zero attached hydrogens (tertiary/aromatic N) is 1. The Balaban J connectivity index is 2.46. The summed E-state index contributed by atoms with van der Waals surface area (Å²) in [5, 5.41) is 16.2. The zero-order valence-electron chi connectivity index (χ0n) is 7.28. The number of phenolic OH excluding ortho intramolecular Hbond substituents is 1. The highest BCUT2D eigenvalue weighted by molar-refractivity contribution is 5.60. The first-order chi connectivity index (χ1) is 6.25. The molecule has 1 aromatic heterocycles. The minimum Gasteiger partial charge on any atom is -0.508 e. The standard InChI is InChI=1S/C10H10N2O/c1-7-5-10(12-11-7)8-3-2-4-9(13)6-8/h2-6,13H,1H3,(H,11,12). The van der Waals surface area contributed by atoms with E-state index in [0.717, 1.165) is 17.0 Å². The van der Waals surface area contributed by atoms with Crippen LogP contribution >= 0.6 is 0 Å². The first-order valence-corrected chi connectivity index (χ1v) is 4.07. The van der Waals surface area contributed by atoms with Gasteiger partial charge in [-0.25, -0.2) is 0 Å². The number of aromatic nitrogens is 2. The van der Waals surface area contributed by atoms with Crippen molar-refractivity contribution in [1.82, 2.24) is 10.2 Å². The molecule has 0 saturated heterocycles. The molecule has 0 aliphatic rings. The van der Waals surface area contributed by atoms with E-state index < -0.39 is 0 Å². The van der Waals surface area contributed by atoms with Crippen molar-refractivity contribution in [2.24, 2.45) is 0 Å². The van der Waals surface area contributed by atoms with Crippen molar-refractivity contribution < 1.29 is 5.11 Å². The molecule has 66 valence electrons. The van der Waals surface area contributed by atoms with Crippen LogP contribution in [0.2, 0.25) is 0 Å². The minimum atomic E-state index is 0.262. The molecule has 2 N–H and O–H groups in total. The third-order valence-corrected chi connectivity index (χ3v) is 1.85. The molecule has 0 aliphatic heterocycles. The fourth-order valence-corrected chi connectivity index (χ4v) is 1.23. The molecule has 3 heteroatoms. The summed E-state index contributed by atoms with van der Waals surface area (Å²) in [5.74, 6) is 0.262. The van der Waals surface area contributed by atoms with Crippen molar-refractivity contribution in [3.63, 3.8) is 0 Å². The normalized spacial score (nSPS) is 10.2. The fourth-order valence-electron chi connectivity index (χ4n) is 1.23. The van der Waals surface area contributed by atoms with Crippen LogP contribution in [0.1, 0.15) is 5.69 Å². The van der Waals surface area contributed by atoms with Crippen molar-refractivity contribution >= 4 is 0 Å². The van der Waals surface area contributed by atoms with E-state index in [9.17, 15) is 5.11 Å². The Kier molecular flexibility index (Phi) is 1.77. The van der Waals surface area contributed by atoms with E-state index in [0.29, 0.717) is 0 Å². The van der Waals surface area contributed by atoms with E-state index in [1.54, 1.807) is 18.2 Å². The van der Waals surface area contributed by atoms with Gasteiger partial charge in [0.05, 0.1) is 5.69 Å². The smallest absolute Gasteiger partial charge is 0.116 e. The molecule has 0 aliphatic carbocycles. The van der Waals surface area contributed by atoms with Crippen LogP contribution in [0.4, 0.5) is 0 Å². The number of hydrogen-bond acceptors (Lipinski definition) is 2. The number of benzene rings is 1. The van der Waals surface area contributed by atoms with Crippen LogP contribution < -0.4 is 0 Å². The Morgan fingerprint density at radius 2 is 2.15 bits per heavy atom. The van der Waals surface area contributed by atoms with E-state index >= 15 is 0 Å². The van der Waals surface area contributed by atoms with Crippen LogP contribution in [0.15, 0.2) is 30.3 Å². The number of phenols is 1. The monoisotopic (exact) mass is 174 g/mol. The van der Waals surface area contributed by atoms with Gasteiger partial charge >= 0.3 is 0 Å². The van der Waals surface area contributed by atoms with Crippen molar-refractivity contribution in [2.45, 2.75) is 6.92 Å². The van der Waals surface area contributed by atoms with Gasteiger partial charge in [-0.15, -0.1) is 0 Å². The third kappa shape index (κ3) is 1.54. The second-order valence-corrected chi connectivity index (χ2v) is 2.99. The third-order valence-electron chi connectivity index (χ3n) is 1.85. The van der Waals surface area contributed by atoms with Gasteiger partial charge in [-0.2, -0.15) is 5.10 Å². The largest absolute Gasteiger partial charge is 0.508 e. The van der Waals surface area contributed by atoms with Crippen molar-refractivity contribution in [3.05, 3.63) is 36.0 Å². The number of rotatable bonds is 1. The van der Waals surface area contributed by atoms with Gasteiger partial charge in [0.2, 0.25) is 0 Å². The molecule has 13 heavy (non-hydrogen) atoms. The maximum Gasteiger partial charge on any atom is 0.116 e. The lowest BCUT2D eigenvalue weighted by Gasteiger charge is -1.95. The molecule has 0 bridgehead atoms. The topological polar surface area (TPSA) is 48.9 Å². The van der Waals surface area contributed by atoms with Gasteiger partial charge in [0.15, 0.2) is 0 Å². The van der Waals surface area contributed by atoms with Crippen LogP contribution in [0, 0.1) is 6.92 Å². The summed E-state index contributed by atoms with van der Waals surface area (Å²) in [4.78, 5) is 0. The van der Waals surface area contributed by atoms with Gasteiger partial charge in [-0.05, 0) is 25.1 Å². The first-order valence-electron chi connectivity index (χ1n) is 4.07. The van der Waals surface area contributed by atoms with E-state index in [1.165, 1.54) is 0 Å². The zero-order chi connectivity index (χ0) is 9.26. The molecule has 0 unspecified atom stereocenters. The van der Waals surface area contributed by atoms with Crippen molar-refractivity contribution in [3.8, 4) is 17.0 Å². The summed E-state index contributed by atoms with van der Waals surface area (Å²) in [5.41, 5.74) is 2.79. The Bertz CT molecular complexity index is 420. The van der Waals surface area contributed by atoms with Crippen molar-refractivity contribution in [1.29, 1.82) is 0 Å². The fraction of sp³-hybridized carbons (Fsp3) is 0.100. The molecule has 2 aromatic rings. The van der Waals surface area contributed by atoms with Gasteiger partial charge in [0, 0.05) is 11.3 Å². The molecule has 0 atom stereocenters. The SMILES string of the molecule is Cc1cc(-c2cccc(O)c2)n[nH]1. The van der Waals surface area contributed by atoms with Gasteiger partial charge in [-0.1, -0.05) is 12.1 Å². The highest BCUT2D eigenvalue weighted by Gasteiger charge is 2.01. The van der Waals surface area contributed by atoms with Gasteiger partial charge < -0.3 is 5.11 Å². The number of hydrogen-bond donors (Lipinski definition) is 2. The first kappa shape index (κ1) is 7.86. The maximum atomic E-state index is 9.24. The lowest BCUT2D eigenvalue weighted by Crippen LogP contribution is -1.76. The van der Waals surface area contributed by atoms with Crippen molar-refractivity contribution in [2.75, 3.05) is 0 Å². The highest BCUT2D eigenvalue weighted by Crippen LogP contribution is 2.21. The second-order valence-electron chi connectivity index (χ2n) is 2.99. The molecule has 1 heterocycles. The summed E-state index contributed by atoms with van der Waals surface area (Å²) in [6.07, 6.45) is 0. The lowest BCUT2D eigenvalue weighted by molar-refractivity contribution is 0.475. The van der Waals surface area contributed by atoms with Crippen LogP contribution in [-0.2, 0) is 0 Å². The average Bonchev–Trinajstić information content (AvgIpc) is 2.52. The van der Waals surface area contributed by atoms with Crippen LogP contribution in [0.5, 0.6) is 5.75 Å². The quantitative estimate of drug-likeness (QED) is 0.695. The predicted molar refractivity (Wildman–Crippen MR) is 50.4 cm³/mol. The highest BCUT2D eigenvalue weighted by atomic mass is 16.3. The maximum absolute atomic E-state index is 9.24. The van der Waals surface area contributed by atoms with Crippen LogP contribution in [0.3, 0.4) is 0 Å². The Labute approximate surface area is 76.0 Å². The number of aryl methyl sites for hydroxylation is 1. The Hall–Kier alpha value is -1.77. The summed E-state index contributed by atoms with van der Waals surface area (Å²) >= 11 is 0. The van der Waals surface area contributed by atoms with Gasteiger partial charge in [0.1, 0.15) is 5.75 Å². The van der Waals surface area contributed by atoms with Gasteiger partial charge in [-0.3, -0.25) is 5.10 Å². The summed E-state index contributed by atoms with van der Waals surface area (Å²) in [6.45, 7) is 1.94. The van der Waals surface area contributed by atoms with E-state index in [1.807, 2.05) is 19.1 Å². The van der Waals surface area contributed by atoms with E-state index in [-0.39, 0.29) is 5.75 Å². The molecule has 0 amide bonds. The lowest BCUT2D eigenvalue weighted by atomic mass is 10.1. The number of aromatic amines is 1. The average molecular weight is 174 g/mol. The van der Waals surface area contributed by atoms with Gasteiger partial charge in [0.25, 0.3) is 0 Å². The molecule has 2 rings (SSSR count). The Morgan fingerprint density at radius 3 is 2.77 bits per heavy atom. The number of nitrogens with one attached hydrogen (secondary N) is 1. The molecule has 0 saturated carbocycles.